The highest BCUT2D eigenvalue weighted by molar-refractivity contribution is 5.20. The molecule has 0 fully saturated rings. The molecule has 0 amide bonds. The molecule has 6 heteroatoms. The Morgan fingerprint density at radius 3 is 2.47 bits per heavy atom. The lowest BCUT2D eigenvalue weighted by Gasteiger charge is -2.04. The summed E-state index contributed by atoms with van der Waals surface area (Å²) in [4.78, 5) is 11.5. The second kappa shape index (κ2) is 5.79. The summed E-state index contributed by atoms with van der Waals surface area (Å²) >= 11 is 0. The smallest absolute Gasteiger partial charge is 0.324 e. The first-order chi connectivity index (χ1) is 7.26. The molecule has 1 aromatic heterocycles. The van der Waals surface area contributed by atoms with E-state index in [9.17, 15) is 0 Å². The number of rotatable bonds is 5. The highest BCUT2D eigenvalue weighted by Gasteiger charge is 2.04. The lowest BCUT2D eigenvalue weighted by atomic mass is 10.6. The number of aromatic nitrogens is 3. The number of ether oxygens (including phenoxy) is 2. The van der Waals surface area contributed by atoms with Gasteiger partial charge in [0.15, 0.2) is 0 Å². The van der Waals surface area contributed by atoms with E-state index in [1.54, 1.807) is 0 Å². The van der Waals surface area contributed by atoms with Gasteiger partial charge in [0.25, 0.3) is 0 Å². The third-order valence-corrected chi connectivity index (χ3v) is 1.43. The third-order valence-electron chi connectivity index (χ3n) is 1.43. The second-order valence-electron chi connectivity index (χ2n) is 2.57. The maximum atomic E-state index is 5.45. The Balaban J connectivity index is 2.70. The molecule has 0 aromatic carbocycles. The van der Waals surface area contributed by atoms with Crippen LogP contribution in [0.1, 0.15) is 13.8 Å². The SMILES string of the molecule is C/C=C/COc1nc(N)nc(OCC)n1. The van der Waals surface area contributed by atoms with Gasteiger partial charge in [-0.2, -0.15) is 9.97 Å². The minimum Gasteiger partial charge on any atom is -0.464 e. The Bertz CT molecular complexity index is 341. The van der Waals surface area contributed by atoms with E-state index in [1.165, 1.54) is 0 Å². The molecule has 2 N–H and O–H groups in total. The average molecular weight is 210 g/mol. The molecule has 0 unspecified atom stereocenters. The monoisotopic (exact) mass is 210 g/mol. The standard InChI is InChI=1S/C9H14N4O2/c1-3-5-6-15-9-12-7(10)11-8(13-9)14-4-2/h3,5H,4,6H2,1-2H3,(H2,10,11,12,13)/b5-3+. The first-order valence-electron chi connectivity index (χ1n) is 4.64. The first kappa shape index (κ1) is 11.2. The summed E-state index contributed by atoms with van der Waals surface area (Å²) in [6.45, 7) is 4.60. The summed E-state index contributed by atoms with van der Waals surface area (Å²) in [6.07, 6.45) is 3.70. The lowest BCUT2D eigenvalue weighted by molar-refractivity contribution is 0.288. The van der Waals surface area contributed by atoms with Gasteiger partial charge in [0.1, 0.15) is 6.61 Å². The Morgan fingerprint density at radius 1 is 1.20 bits per heavy atom. The van der Waals surface area contributed by atoms with Crippen LogP contribution in [0.3, 0.4) is 0 Å². The lowest BCUT2D eigenvalue weighted by Crippen LogP contribution is -2.06. The van der Waals surface area contributed by atoms with Crippen molar-refractivity contribution < 1.29 is 9.47 Å². The van der Waals surface area contributed by atoms with E-state index in [0.29, 0.717) is 13.2 Å². The van der Waals surface area contributed by atoms with Crippen molar-refractivity contribution >= 4 is 5.95 Å². The number of nitrogen functional groups attached to an aromatic ring is 1. The zero-order valence-corrected chi connectivity index (χ0v) is 8.80. The van der Waals surface area contributed by atoms with Gasteiger partial charge in [-0.1, -0.05) is 12.2 Å². The van der Waals surface area contributed by atoms with Gasteiger partial charge in [0.2, 0.25) is 5.95 Å². The molecular weight excluding hydrogens is 196 g/mol. The molecule has 1 rings (SSSR count). The molecule has 15 heavy (non-hydrogen) atoms. The molecule has 0 aliphatic carbocycles. The van der Waals surface area contributed by atoms with Crippen LogP contribution in [0.4, 0.5) is 5.95 Å². The number of allylic oxidation sites excluding steroid dienone is 1. The third kappa shape index (κ3) is 3.80. The predicted molar refractivity (Wildman–Crippen MR) is 55.7 cm³/mol. The summed E-state index contributed by atoms with van der Waals surface area (Å²) in [5.41, 5.74) is 5.45. The Kier molecular flexibility index (Phi) is 4.33. The fourth-order valence-corrected chi connectivity index (χ4v) is 0.830. The molecule has 1 aromatic rings. The van der Waals surface area contributed by atoms with Crippen LogP contribution in [0.15, 0.2) is 12.2 Å². The Morgan fingerprint density at radius 2 is 1.87 bits per heavy atom. The van der Waals surface area contributed by atoms with Crippen LogP contribution in [0.5, 0.6) is 12.0 Å². The van der Waals surface area contributed by atoms with Gasteiger partial charge in [-0.3, -0.25) is 0 Å². The topological polar surface area (TPSA) is 83.2 Å². The molecule has 0 aliphatic heterocycles. The van der Waals surface area contributed by atoms with E-state index in [-0.39, 0.29) is 18.0 Å². The van der Waals surface area contributed by atoms with Gasteiger partial charge in [-0.25, -0.2) is 0 Å². The number of nitrogens with two attached hydrogens (primary N) is 1. The molecule has 0 saturated heterocycles. The van der Waals surface area contributed by atoms with Crippen molar-refractivity contribution in [3.8, 4) is 12.0 Å². The predicted octanol–water partition coefficient (Wildman–Crippen LogP) is 0.807. The van der Waals surface area contributed by atoms with E-state index >= 15 is 0 Å². The van der Waals surface area contributed by atoms with Crippen LogP contribution in [0, 0.1) is 0 Å². The van der Waals surface area contributed by atoms with Crippen molar-refractivity contribution in [3.05, 3.63) is 12.2 Å². The quantitative estimate of drug-likeness (QED) is 0.724. The maximum absolute atomic E-state index is 5.45. The molecular formula is C9H14N4O2. The van der Waals surface area contributed by atoms with Gasteiger partial charge < -0.3 is 15.2 Å². The van der Waals surface area contributed by atoms with Crippen molar-refractivity contribution in [3.63, 3.8) is 0 Å². The van der Waals surface area contributed by atoms with Crippen LogP contribution in [0.2, 0.25) is 0 Å². The summed E-state index contributed by atoms with van der Waals surface area (Å²) in [6, 6.07) is 0.351. The van der Waals surface area contributed by atoms with E-state index in [4.69, 9.17) is 15.2 Å². The molecule has 82 valence electrons. The van der Waals surface area contributed by atoms with Crippen molar-refractivity contribution in [2.24, 2.45) is 0 Å². The molecule has 0 bridgehead atoms. The van der Waals surface area contributed by atoms with E-state index < -0.39 is 0 Å². The molecule has 6 nitrogen and oxygen atoms in total. The molecule has 0 atom stereocenters. The van der Waals surface area contributed by atoms with Crippen LogP contribution < -0.4 is 15.2 Å². The van der Waals surface area contributed by atoms with E-state index in [0.717, 1.165) is 0 Å². The van der Waals surface area contributed by atoms with Gasteiger partial charge in [-0.15, -0.1) is 4.98 Å². The summed E-state index contributed by atoms with van der Waals surface area (Å²) < 4.78 is 10.3. The average Bonchev–Trinajstić information content (AvgIpc) is 2.18. The van der Waals surface area contributed by atoms with Crippen LogP contribution >= 0.6 is 0 Å². The van der Waals surface area contributed by atoms with Gasteiger partial charge >= 0.3 is 12.0 Å². The van der Waals surface area contributed by atoms with Crippen molar-refractivity contribution in [1.82, 2.24) is 15.0 Å². The van der Waals surface area contributed by atoms with E-state index in [1.807, 2.05) is 26.0 Å². The molecule has 1 heterocycles. The molecule has 0 radical (unpaired) electrons. The van der Waals surface area contributed by atoms with Gasteiger partial charge in [0.05, 0.1) is 6.61 Å². The van der Waals surface area contributed by atoms with Crippen molar-refractivity contribution in [2.75, 3.05) is 18.9 Å². The second-order valence-corrected chi connectivity index (χ2v) is 2.57. The van der Waals surface area contributed by atoms with Crippen LogP contribution in [-0.2, 0) is 0 Å². The zero-order chi connectivity index (χ0) is 11.1. The zero-order valence-electron chi connectivity index (χ0n) is 8.80. The number of anilines is 1. The minimum atomic E-state index is 0.0870. The Hall–Kier alpha value is -1.85. The van der Waals surface area contributed by atoms with Gasteiger partial charge in [-0.05, 0) is 13.8 Å². The highest BCUT2D eigenvalue weighted by Crippen LogP contribution is 2.10. The molecule has 0 saturated carbocycles. The minimum absolute atomic E-state index is 0.0870. The van der Waals surface area contributed by atoms with Crippen molar-refractivity contribution in [2.45, 2.75) is 13.8 Å². The summed E-state index contributed by atoms with van der Waals surface area (Å²) in [5, 5.41) is 0. The van der Waals surface area contributed by atoms with E-state index in [2.05, 4.69) is 15.0 Å². The fourth-order valence-electron chi connectivity index (χ4n) is 0.830. The molecule has 0 spiro atoms. The summed E-state index contributed by atoms with van der Waals surface area (Å²) in [5.74, 6) is 0.0870. The molecule has 0 aliphatic rings. The Labute approximate surface area is 88.2 Å². The van der Waals surface area contributed by atoms with Gasteiger partial charge in [0, 0.05) is 0 Å². The maximum Gasteiger partial charge on any atom is 0.324 e. The highest BCUT2D eigenvalue weighted by atomic mass is 16.5. The number of hydrogen-bond acceptors (Lipinski definition) is 6. The number of hydrogen-bond donors (Lipinski definition) is 1. The largest absolute Gasteiger partial charge is 0.464 e. The van der Waals surface area contributed by atoms with Crippen LogP contribution in [0.25, 0.3) is 0 Å². The first-order valence-corrected chi connectivity index (χ1v) is 4.64. The normalized spacial score (nSPS) is 10.5. The number of nitrogens with zero attached hydrogens (tertiary/aromatic N) is 3. The summed E-state index contributed by atoms with van der Waals surface area (Å²) in [7, 11) is 0. The fraction of sp³-hybridized carbons (Fsp3) is 0.444. The van der Waals surface area contributed by atoms with Crippen LogP contribution in [-0.4, -0.2) is 28.2 Å². The van der Waals surface area contributed by atoms with Crippen molar-refractivity contribution in [1.29, 1.82) is 0 Å².